The van der Waals surface area contributed by atoms with Crippen molar-refractivity contribution < 1.29 is 14.4 Å². The number of nitrogens with two attached hydrogens (primary N) is 1. The molecule has 0 spiro atoms. The van der Waals surface area contributed by atoms with Gasteiger partial charge in [0.15, 0.2) is 0 Å². The molecule has 1 unspecified atom stereocenters. The minimum absolute atomic E-state index is 0.237. The molecule has 2 aromatic carbocycles. The van der Waals surface area contributed by atoms with Gasteiger partial charge in [0.1, 0.15) is 6.04 Å². The van der Waals surface area contributed by atoms with E-state index in [0.29, 0.717) is 23.4 Å². The zero-order chi connectivity index (χ0) is 21.1. The molecule has 0 aliphatic carbocycles. The summed E-state index contributed by atoms with van der Waals surface area (Å²) in [5.74, 6) is -1.64. The van der Waals surface area contributed by atoms with Crippen LogP contribution in [0.1, 0.15) is 38.2 Å². The van der Waals surface area contributed by atoms with E-state index in [1.54, 1.807) is 38.1 Å². The monoisotopic (exact) mass is 391 g/mol. The van der Waals surface area contributed by atoms with Crippen molar-refractivity contribution in [2.45, 2.75) is 38.6 Å². The highest BCUT2D eigenvalue weighted by Crippen LogP contribution is 2.43. The van der Waals surface area contributed by atoms with Gasteiger partial charge in [0.2, 0.25) is 11.8 Å². The lowest BCUT2D eigenvalue weighted by molar-refractivity contribution is -0.131. The highest BCUT2D eigenvalue weighted by Gasteiger charge is 2.37. The summed E-state index contributed by atoms with van der Waals surface area (Å²) in [6.45, 7) is 6.94. The van der Waals surface area contributed by atoms with Crippen molar-refractivity contribution in [1.29, 1.82) is 0 Å². The highest BCUT2D eigenvalue weighted by atomic mass is 16.2. The molecule has 2 aromatic rings. The van der Waals surface area contributed by atoms with Crippen LogP contribution in [0.3, 0.4) is 0 Å². The van der Waals surface area contributed by atoms with Crippen molar-refractivity contribution >= 4 is 29.1 Å². The molecule has 1 aliphatic heterocycles. The number of anilines is 2. The SMILES string of the molecule is C=CCCC(=O)N[C@@H](C)C(=O)N1C(=O)C(C)c2ccccc2-c2c(N)cccc21. The van der Waals surface area contributed by atoms with Gasteiger partial charge in [-0.2, -0.15) is 0 Å². The fraction of sp³-hybridized carbons (Fsp3) is 0.261. The number of carbonyl (C=O) groups excluding carboxylic acids is 3. The molecule has 0 fully saturated rings. The van der Waals surface area contributed by atoms with Gasteiger partial charge in [-0.1, -0.05) is 36.4 Å². The van der Waals surface area contributed by atoms with Gasteiger partial charge in [-0.25, -0.2) is 4.90 Å². The Labute approximate surface area is 170 Å². The minimum atomic E-state index is -0.862. The Balaban J connectivity index is 2.05. The van der Waals surface area contributed by atoms with Crippen molar-refractivity contribution in [2.75, 3.05) is 10.6 Å². The lowest BCUT2D eigenvalue weighted by Crippen LogP contribution is -2.50. The van der Waals surface area contributed by atoms with Crippen LogP contribution in [0.5, 0.6) is 0 Å². The van der Waals surface area contributed by atoms with E-state index in [-0.39, 0.29) is 18.2 Å². The van der Waals surface area contributed by atoms with Gasteiger partial charge in [0.25, 0.3) is 5.91 Å². The van der Waals surface area contributed by atoms with Crippen LogP contribution in [0.2, 0.25) is 0 Å². The van der Waals surface area contributed by atoms with E-state index in [9.17, 15) is 14.4 Å². The van der Waals surface area contributed by atoms with Gasteiger partial charge in [0, 0.05) is 17.7 Å². The first-order valence-corrected chi connectivity index (χ1v) is 9.62. The van der Waals surface area contributed by atoms with Gasteiger partial charge in [-0.3, -0.25) is 14.4 Å². The molecule has 0 bridgehead atoms. The summed E-state index contributed by atoms with van der Waals surface area (Å²) in [5, 5.41) is 2.67. The average Bonchev–Trinajstić information content (AvgIpc) is 2.80. The second-order valence-corrected chi connectivity index (χ2v) is 7.18. The number of rotatable bonds is 5. The number of benzene rings is 2. The standard InChI is InChI=1S/C23H25N3O3/c1-4-5-13-20(27)25-15(3)23(29)26-19-12-8-11-18(24)21(19)17-10-7-6-9-16(17)14(2)22(26)28/h4,6-12,14-15H,1,5,13,24H2,2-3H3,(H,25,27)/t14?,15-/m0/s1. The number of imide groups is 1. The molecule has 0 aromatic heterocycles. The largest absolute Gasteiger partial charge is 0.398 e. The second kappa shape index (κ2) is 8.31. The Hall–Kier alpha value is -3.41. The molecule has 6 nitrogen and oxygen atoms in total. The maximum Gasteiger partial charge on any atom is 0.256 e. The van der Waals surface area contributed by atoms with Crippen LogP contribution < -0.4 is 16.0 Å². The Morgan fingerprint density at radius 1 is 1.24 bits per heavy atom. The summed E-state index contributed by atoms with van der Waals surface area (Å²) in [4.78, 5) is 39.8. The van der Waals surface area contributed by atoms with Crippen LogP contribution in [-0.4, -0.2) is 23.8 Å². The third-order valence-electron chi connectivity index (χ3n) is 5.15. The van der Waals surface area contributed by atoms with E-state index in [2.05, 4.69) is 11.9 Å². The average molecular weight is 391 g/mol. The Morgan fingerprint density at radius 2 is 1.97 bits per heavy atom. The third-order valence-corrected chi connectivity index (χ3v) is 5.15. The van der Waals surface area contributed by atoms with Crippen molar-refractivity contribution in [3.8, 4) is 11.1 Å². The van der Waals surface area contributed by atoms with Crippen LogP contribution in [-0.2, 0) is 14.4 Å². The molecule has 1 heterocycles. The van der Waals surface area contributed by atoms with Crippen LogP contribution >= 0.6 is 0 Å². The Bertz CT molecular complexity index is 983. The van der Waals surface area contributed by atoms with Gasteiger partial charge in [-0.05, 0) is 43.5 Å². The van der Waals surface area contributed by atoms with Gasteiger partial charge >= 0.3 is 0 Å². The molecule has 29 heavy (non-hydrogen) atoms. The Kier molecular flexibility index (Phi) is 5.82. The molecule has 2 atom stereocenters. The molecular formula is C23H25N3O3. The number of nitrogen functional groups attached to an aromatic ring is 1. The van der Waals surface area contributed by atoms with Crippen LogP contribution in [0, 0.1) is 0 Å². The Morgan fingerprint density at radius 3 is 2.69 bits per heavy atom. The zero-order valence-corrected chi connectivity index (χ0v) is 16.6. The number of nitrogens with zero attached hydrogens (tertiary/aromatic N) is 1. The van der Waals surface area contributed by atoms with E-state index in [4.69, 9.17) is 5.73 Å². The summed E-state index contributed by atoms with van der Waals surface area (Å²) in [6.07, 6.45) is 2.39. The van der Waals surface area contributed by atoms with Gasteiger partial charge in [0.05, 0.1) is 11.6 Å². The fourth-order valence-corrected chi connectivity index (χ4v) is 3.61. The van der Waals surface area contributed by atoms with Crippen molar-refractivity contribution in [3.05, 3.63) is 60.7 Å². The van der Waals surface area contributed by atoms with E-state index in [1.165, 1.54) is 0 Å². The van der Waals surface area contributed by atoms with Crippen molar-refractivity contribution in [3.63, 3.8) is 0 Å². The smallest absolute Gasteiger partial charge is 0.256 e. The lowest BCUT2D eigenvalue weighted by Gasteiger charge is -2.26. The molecular weight excluding hydrogens is 366 g/mol. The lowest BCUT2D eigenvalue weighted by atomic mass is 9.92. The first kappa shape index (κ1) is 20.3. The molecule has 1 aliphatic rings. The maximum atomic E-state index is 13.3. The highest BCUT2D eigenvalue weighted by molar-refractivity contribution is 6.22. The number of hydrogen-bond donors (Lipinski definition) is 2. The van der Waals surface area contributed by atoms with E-state index < -0.39 is 17.9 Å². The van der Waals surface area contributed by atoms with E-state index in [0.717, 1.165) is 16.0 Å². The number of fused-ring (bicyclic) bond motifs is 3. The molecule has 6 heteroatoms. The topological polar surface area (TPSA) is 92.5 Å². The molecule has 150 valence electrons. The molecule has 3 amide bonds. The molecule has 0 saturated carbocycles. The summed E-state index contributed by atoms with van der Waals surface area (Å²) in [6, 6.07) is 11.8. The quantitative estimate of drug-likeness (QED) is 0.604. The third kappa shape index (κ3) is 3.78. The first-order valence-electron chi connectivity index (χ1n) is 9.62. The van der Waals surface area contributed by atoms with E-state index in [1.807, 2.05) is 24.3 Å². The summed E-state index contributed by atoms with van der Waals surface area (Å²) in [7, 11) is 0. The maximum absolute atomic E-state index is 13.3. The number of carbonyl (C=O) groups is 3. The van der Waals surface area contributed by atoms with Crippen LogP contribution in [0.25, 0.3) is 11.1 Å². The number of nitrogens with one attached hydrogen (secondary N) is 1. The predicted molar refractivity (Wildman–Crippen MR) is 114 cm³/mol. The zero-order valence-electron chi connectivity index (χ0n) is 16.6. The number of amides is 3. The molecule has 0 radical (unpaired) electrons. The van der Waals surface area contributed by atoms with Crippen molar-refractivity contribution in [1.82, 2.24) is 5.32 Å². The van der Waals surface area contributed by atoms with Gasteiger partial charge in [-0.15, -0.1) is 6.58 Å². The van der Waals surface area contributed by atoms with Crippen molar-refractivity contribution in [2.24, 2.45) is 0 Å². The van der Waals surface area contributed by atoms with E-state index >= 15 is 0 Å². The van der Waals surface area contributed by atoms with Gasteiger partial charge < -0.3 is 11.1 Å². The molecule has 0 saturated heterocycles. The first-order chi connectivity index (χ1) is 13.9. The predicted octanol–water partition coefficient (Wildman–Crippen LogP) is 3.38. The number of hydrogen-bond acceptors (Lipinski definition) is 4. The normalized spacial score (nSPS) is 16.3. The molecule has 3 N–H and O–H groups in total. The van der Waals surface area contributed by atoms with Crippen LogP contribution in [0.4, 0.5) is 11.4 Å². The number of allylic oxidation sites excluding steroid dienone is 1. The second-order valence-electron chi connectivity index (χ2n) is 7.18. The minimum Gasteiger partial charge on any atom is -0.398 e. The van der Waals surface area contributed by atoms with Crippen LogP contribution in [0.15, 0.2) is 55.1 Å². The molecule has 3 rings (SSSR count). The summed E-state index contributed by atoms with van der Waals surface area (Å²) in [5.41, 5.74) is 9.48. The summed E-state index contributed by atoms with van der Waals surface area (Å²) >= 11 is 0. The summed E-state index contributed by atoms with van der Waals surface area (Å²) < 4.78 is 0. The fourth-order valence-electron chi connectivity index (χ4n) is 3.61.